The van der Waals surface area contributed by atoms with Crippen LogP contribution in [-0.4, -0.2) is 0 Å². The summed E-state index contributed by atoms with van der Waals surface area (Å²) >= 11 is 1.84. The lowest BCUT2D eigenvalue weighted by Gasteiger charge is -2.14. The predicted molar refractivity (Wildman–Crippen MR) is 167 cm³/mol. The number of hydrogen-bond acceptors (Lipinski definition) is 3. The van der Waals surface area contributed by atoms with Crippen LogP contribution in [0.25, 0.3) is 64.4 Å². The lowest BCUT2D eigenvalue weighted by atomic mass is 9.97. The summed E-state index contributed by atoms with van der Waals surface area (Å²) in [5.41, 5.74) is 8.46. The molecule has 0 aliphatic carbocycles. The van der Waals surface area contributed by atoms with E-state index in [2.05, 4.69) is 133 Å². The van der Waals surface area contributed by atoms with Crippen LogP contribution in [0.4, 0.5) is 11.4 Å². The number of benzene rings is 6. The maximum Gasteiger partial charge on any atom is 0.143 e. The zero-order chi connectivity index (χ0) is 25.8. The normalized spacial score (nSPS) is 11.6. The van der Waals surface area contributed by atoms with E-state index in [1.807, 2.05) is 17.4 Å². The first-order valence-electron chi connectivity index (χ1n) is 13.1. The molecule has 0 bridgehead atoms. The molecular weight excluding hydrogens is 494 g/mol. The van der Waals surface area contributed by atoms with E-state index in [0.29, 0.717) is 0 Å². The second-order valence-corrected chi connectivity index (χ2v) is 10.9. The number of hydrogen-bond donors (Lipinski definition) is 1. The number of para-hydroxylation sites is 1. The molecule has 2 heterocycles. The Kier molecular flexibility index (Phi) is 5.04. The van der Waals surface area contributed by atoms with Crippen molar-refractivity contribution in [1.29, 1.82) is 0 Å². The summed E-state index contributed by atoms with van der Waals surface area (Å²) < 4.78 is 9.17. The Morgan fingerprint density at radius 3 is 2.03 bits per heavy atom. The average molecular weight is 518 g/mol. The highest BCUT2D eigenvalue weighted by molar-refractivity contribution is 7.25. The van der Waals surface area contributed by atoms with Gasteiger partial charge in [0, 0.05) is 42.4 Å². The molecule has 1 N–H and O–H groups in total. The molecule has 2 nitrogen and oxygen atoms in total. The summed E-state index contributed by atoms with van der Waals surface area (Å²) in [4.78, 5) is 0. The van der Waals surface area contributed by atoms with Crippen molar-refractivity contribution in [3.8, 4) is 22.3 Å². The first kappa shape index (κ1) is 22.2. The summed E-state index contributed by atoms with van der Waals surface area (Å²) in [6, 6.07) is 47.1. The molecule has 0 atom stereocenters. The summed E-state index contributed by atoms with van der Waals surface area (Å²) in [5.74, 6) is 0. The van der Waals surface area contributed by atoms with E-state index in [1.165, 1.54) is 25.7 Å². The van der Waals surface area contributed by atoms with E-state index in [-0.39, 0.29) is 0 Å². The topological polar surface area (TPSA) is 25.2 Å². The van der Waals surface area contributed by atoms with Gasteiger partial charge < -0.3 is 9.73 Å². The molecule has 184 valence electrons. The van der Waals surface area contributed by atoms with Crippen LogP contribution >= 0.6 is 11.3 Å². The largest absolute Gasteiger partial charge is 0.455 e. The predicted octanol–water partition coefficient (Wildman–Crippen LogP) is 11.0. The van der Waals surface area contributed by atoms with Crippen molar-refractivity contribution >= 4 is 64.8 Å². The Morgan fingerprint density at radius 1 is 0.513 bits per heavy atom. The van der Waals surface area contributed by atoms with Gasteiger partial charge in [0.15, 0.2) is 0 Å². The molecule has 0 saturated carbocycles. The Morgan fingerprint density at radius 2 is 1.21 bits per heavy atom. The fourth-order valence-electron chi connectivity index (χ4n) is 5.67. The zero-order valence-electron chi connectivity index (χ0n) is 21.0. The Labute approximate surface area is 229 Å². The third-order valence-corrected chi connectivity index (χ3v) is 8.61. The SMILES string of the molecule is c1ccc(-c2ccc3oc4c(-c5ccccc5)cccc4c3c2Nc2ccc3c(c2)sc2ccccc23)cc1. The van der Waals surface area contributed by atoms with Gasteiger partial charge in [-0.15, -0.1) is 11.3 Å². The second-order valence-electron chi connectivity index (χ2n) is 9.81. The monoisotopic (exact) mass is 517 g/mol. The van der Waals surface area contributed by atoms with Gasteiger partial charge in [-0.2, -0.15) is 0 Å². The first-order chi connectivity index (χ1) is 19.3. The molecule has 8 rings (SSSR count). The van der Waals surface area contributed by atoms with Gasteiger partial charge in [0.25, 0.3) is 0 Å². The van der Waals surface area contributed by atoms with Crippen LogP contribution in [0.2, 0.25) is 0 Å². The number of fused-ring (bicyclic) bond motifs is 6. The molecular formula is C36H23NOS. The Hall–Kier alpha value is -4.86. The summed E-state index contributed by atoms with van der Waals surface area (Å²) in [6.07, 6.45) is 0. The van der Waals surface area contributed by atoms with Crippen molar-refractivity contribution in [2.75, 3.05) is 5.32 Å². The highest BCUT2D eigenvalue weighted by atomic mass is 32.1. The molecule has 0 unspecified atom stereocenters. The molecule has 6 aromatic carbocycles. The Bertz CT molecular complexity index is 2140. The van der Waals surface area contributed by atoms with Gasteiger partial charge >= 0.3 is 0 Å². The van der Waals surface area contributed by atoms with E-state index >= 15 is 0 Å². The van der Waals surface area contributed by atoms with Gasteiger partial charge in [-0.1, -0.05) is 103 Å². The second kappa shape index (κ2) is 8.87. The minimum absolute atomic E-state index is 0.874. The third-order valence-electron chi connectivity index (χ3n) is 7.48. The number of nitrogens with one attached hydrogen (secondary N) is 1. The Balaban J connectivity index is 1.37. The van der Waals surface area contributed by atoms with Gasteiger partial charge in [0.1, 0.15) is 11.2 Å². The first-order valence-corrected chi connectivity index (χ1v) is 13.9. The van der Waals surface area contributed by atoms with E-state index in [1.54, 1.807) is 0 Å². The lowest BCUT2D eigenvalue weighted by molar-refractivity contribution is 0.670. The molecule has 0 amide bonds. The van der Waals surface area contributed by atoms with E-state index in [0.717, 1.165) is 50.0 Å². The highest BCUT2D eigenvalue weighted by Gasteiger charge is 2.19. The van der Waals surface area contributed by atoms with Crippen LogP contribution in [0.3, 0.4) is 0 Å². The van der Waals surface area contributed by atoms with Crippen LogP contribution in [0.1, 0.15) is 0 Å². The van der Waals surface area contributed by atoms with Crippen LogP contribution in [0.15, 0.2) is 138 Å². The standard InChI is InChI=1S/C36H23NOS/c1-3-10-23(11-4-1)26-20-21-31-34(30-16-9-15-27(36(30)38-31)24-12-5-2-6-13-24)35(26)37-25-18-19-29-28-14-7-8-17-32(28)39-33(29)22-25/h1-22,37H. The van der Waals surface area contributed by atoms with Crippen molar-refractivity contribution in [2.45, 2.75) is 0 Å². The van der Waals surface area contributed by atoms with Gasteiger partial charge in [-0.05, 0) is 41.5 Å². The van der Waals surface area contributed by atoms with E-state index in [9.17, 15) is 0 Å². The molecule has 0 radical (unpaired) electrons. The smallest absolute Gasteiger partial charge is 0.143 e. The van der Waals surface area contributed by atoms with Crippen LogP contribution in [0.5, 0.6) is 0 Å². The lowest BCUT2D eigenvalue weighted by Crippen LogP contribution is -1.94. The van der Waals surface area contributed by atoms with Crippen LogP contribution in [-0.2, 0) is 0 Å². The summed E-state index contributed by atoms with van der Waals surface area (Å²) in [5, 5.41) is 8.64. The maximum atomic E-state index is 6.58. The summed E-state index contributed by atoms with van der Waals surface area (Å²) in [6.45, 7) is 0. The number of rotatable bonds is 4. The average Bonchev–Trinajstić information content (AvgIpc) is 3.56. The molecule has 39 heavy (non-hydrogen) atoms. The minimum Gasteiger partial charge on any atom is -0.455 e. The molecule has 3 heteroatoms. The molecule has 0 spiro atoms. The molecule has 0 aliphatic rings. The van der Waals surface area contributed by atoms with Gasteiger partial charge in [-0.25, -0.2) is 0 Å². The molecule has 0 fully saturated rings. The fourth-order valence-corrected chi connectivity index (χ4v) is 6.82. The highest BCUT2D eigenvalue weighted by Crippen LogP contribution is 2.45. The van der Waals surface area contributed by atoms with E-state index in [4.69, 9.17) is 4.42 Å². The molecule has 2 aromatic heterocycles. The third kappa shape index (κ3) is 3.63. The quantitative estimate of drug-likeness (QED) is 0.251. The van der Waals surface area contributed by atoms with E-state index < -0.39 is 0 Å². The van der Waals surface area contributed by atoms with Crippen LogP contribution in [0, 0.1) is 0 Å². The van der Waals surface area contributed by atoms with Gasteiger partial charge in [-0.3, -0.25) is 0 Å². The molecule has 8 aromatic rings. The van der Waals surface area contributed by atoms with Crippen molar-refractivity contribution < 1.29 is 4.42 Å². The van der Waals surface area contributed by atoms with Crippen molar-refractivity contribution in [1.82, 2.24) is 0 Å². The number of anilines is 2. The molecule has 0 saturated heterocycles. The zero-order valence-corrected chi connectivity index (χ0v) is 21.8. The van der Waals surface area contributed by atoms with Crippen molar-refractivity contribution in [3.05, 3.63) is 133 Å². The number of furan rings is 1. The minimum atomic E-state index is 0.874. The van der Waals surface area contributed by atoms with Gasteiger partial charge in [0.05, 0.1) is 11.1 Å². The van der Waals surface area contributed by atoms with Crippen LogP contribution < -0.4 is 5.32 Å². The van der Waals surface area contributed by atoms with Crippen molar-refractivity contribution in [2.24, 2.45) is 0 Å². The summed E-state index contributed by atoms with van der Waals surface area (Å²) in [7, 11) is 0. The van der Waals surface area contributed by atoms with Crippen molar-refractivity contribution in [3.63, 3.8) is 0 Å². The fraction of sp³-hybridized carbons (Fsp3) is 0. The maximum absolute atomic E-state index is 6.58. The molecule has 0 aliphatic heterocycles. The number of thiophene rings is 1. The van der Waals surface area contributed by atoms with Gasteiger partial charge in [0.2, 0.25) is 0 Å².